The summed E-state index contributed by atoms with van der Waals surface area (Å²) in [6.07, 6.45) is 0.277. The molecule has 2 aromatic rings. The second kappa shape index (κ2) is 8.64. The van der Waals surface area contributed by atoms with Gasteiger partial charge in [0.25, 0.3) is 5.91 Å². The number of anilines is 1. The summed E-state index contributed by atoms with van der Waals surface area (Å²) in [6, 6.07) is 11.8. The van der Waals surface area contributed by atoms with Gasteiger partial charge in [-0.25, -0.2) is 9.18 Å². The van der Waals surface area contributed by atoms with Crippen LogP contribution in [0.2, 0.25) is 0 Å². The maximum atomic E-state index is 13.2. The summed E-state index contributed by atoms with van der Waals surface area (Å²) in [4.78, 5) is 50.5. The fraction of sp³-hybridized carbons (Fsp3) is 0.238. The molecular formula is C21H19FN2O5. The molecule has 0 radical (unpaired) electrons. The highest BCUT2D eigenvalue weighted by atomic mass is 19.1. The van der Waals surface area contributed by atoms with Crippen molar-refractivity contribution in [2.45, 2.75) is 19.4 Å². The van der Waals surface area contributed by atoms with Crippen molar-refractivity contribution >= 4 is 29.4 Å². The monoisotopic (exact) mass is 398 g/mol. The van der Waals surface area contributed by atoms with Crippen molar-refractivity contribution in [1.29, 1.82) is 0 Å². The van der Waals surface area contributed by atoms with Gasteiger partial charge in [-0.3, -0.25) is 19.3 Å². The molecular weight excluding hydrogens is 379 g/mol. The number of likely N-dealkylation sites (N-methyl/N-ethyl adjacent to an activating group) is 1. The number of hydrogen-bond donors (Lipinski definition) is 0. The normalized spacial score (nSPS) is 13.5. The van der Waals surface area contributed by atoms with Crippen LogP contribution in [0, 0.1) is 5.82 Å². The van der Waals surface area contributed by atoms with Crippen molar-refractivity contribution in [3.63, 3.8) is 0 Å². The number of carbonyl (C=O) groups is 4. The molecule has 1 aliphatic heterocycles. The van der Waals surface area contributed by atoms with Gasteiger partial charge in [0.2, 0.25) is 11.8 Å². The third-order valence-corrected chi connectivity index (χ3v) is 4.45. The van der Waals surface area contributed by atoms with E-state index in [1.807, 2.05) is 0 Å². The number of amides is 3. The Bertz CT molecular complexity index is 959. The smallest absolute Gasteiger partial charge is 0.338 e. The second-order valence-electron chi connectivity index (χ2n) is 6.63. The first-order valence-corrected chi connectivity index (χ1v) is 8.96. The Morgan fingerprint density at radius 2 is 1.76 bits per heavy atom. The fourth-order valence-electron chi connectivity index (χ4n) is 2.95. The fourth-order valence-corrected chi connectivity index (χ4v) is 2.95. The topological polar surface area (TPSA) is 84.0 Å². The van der Waals surface area contributed by atoms with Gasteiger partial charge in [-0.05, 0) is 35.9 Å². The van der Waals surface area contributed by atoms with Crippen LogP contribution in [0.1, 0.15) is 28.8 Å². The molecule has 0 aliphatic carbocycles. The van der Waals surface area contributed by atoms with E-state index in [2.05, 4.69) is 0 Å². The first-order chi connectivity index (χ1) is 13.8. The Morgan fingerprint density at radius 3 is 2.45 bits per heavy atom. The third-order valence-electron chi connectivity index (χ3n) is 4.45. The van der Waals surface area contributed by atoms with Crippen molar-refractivity contribution in [2.24, 2.45) is 0 Å². The van der Waals surface area contributed by atoms with Crippen LogP contribution in [-0.4, -0.2) is 42.2 Å². The lowest BCUT2D eigenvalue weighted by Crippen LogP contribution is -2.31. The lowest BCUT2D eigenvalue weighted by Gasteiger charge is -2.17. The van der Waals surface area contributed by atoms with Crippen LogP contribution in [-0.2, 0) is 25.7 Å². The largest absolute Gasteiger partial charge is 0.452 e. The Morgan fingerprint density at radius 1 is 1.07 bits per heavy atom. The van der Waals surface area contributed by atoms with Gasteiger partial charge < -0.3 is 9.64 Å². The molecule has 0 aromatic heterocycles. The highest BCUT2D eigenvalue weighted by Crippen LogP contribution is 2.23. The van der Waals surface area contributed by atoms with Crippen LogP contribution < -0.4 is 4.90 Å². The molecule has 0 atom stereocenters. The number of ether oxygens (including phenoxy) is 1. The molecule has 1 fully saturated rings. The maximum Gasteiger partial charge on any atom is 0.338 e. The van der Waals surface area contributed by atoms with Crippen molar-refractivity contribution in [2.75, 3.05) is 18.6 Å². The number of esters is 1. The molecule has 0 unspecified atom stereocenters. The Hall–Kier alpha value is -3.55. The van der Waals surface area contributed by atoms with Gasteiger partial charge >= 0.3 is 5.97 Å². The average Bonchev–Trinajstić information content (AvgIpc) is 3.04. The lowest BCUT2D eigenvalue weighted by molar-refractivity contribution is -0.133. The zero-order valence-electron chi connectivity index (χ0n) is 15.8. The summed E-state index contributed by atoms with van der Waals surface area (Å²) >= 11 is 0. The zero-order chi connectivity index (χ0) is 21.0. The molecule has 0 saturated carbocycles. The molecule has 3 rings (SSSR count). The van der Waals surface area contributed by atoms with E-state index in [1.54, 1.807) is 18.2 Å². The van der Waals surface area contributed by atoms with E-state index >= 15 is 0 Å². The van der Waals surface area contributed by atoms with E-state index in [0.717, 1.165) is 4.90 Å². The summed E-state index contributed by atoms with van der Waals surface area (Å²) in [6.45, 7) is -0.320. The van der Waals surface area contributed by atoms with Gasteiger partial charge in [-0.2, -0.15) is 0 Å². The number of benzene rings is 2. The van der Waals surface area contributed by atoms with Crippen LogP contribution in [0.3, 0.4) is 0 Å². The van der Waals surface area contributed by atoms with Gasteiger partial charge in [-0.15, -0.1) is 0 Å². The number of imide groups is 1. The molecule has 0 spiro atoms. The summed E-state index contributed by atoms with van der Waals surface area (Å²) in [5.41, 5.74) is 1.02. The first-order valence-electron chi connectivity index (χ1n) is 8.96. The van der Waals surface area contributed by atoms with Gasteiger partial charge in [0.15, 0.2) is 6.61 Å². The van der Waals surface area contributed by atoms with Crippen molar-refractivity contribution in [3.05, 3.63) is 65.5 Å². The van der Waals surface area contributed by atoms with Crippen LogP contribution in [0.15, 0.2) is 48.5 Å². The Labute approximate surface area is 166 Å². The molecule has 8 heteroatoms. The van der Waals surface area contributed by atoms with E-state index in [-0.39, 0.29) is 36.8 Å². The number of carbonyl (C=O) groups excluding carboxylic acids is 4. The van der Waals surface area contributed by atoms with E-state index < -0.39 is 24.3 Å². The molecule has 0 bridgehead atoms. The van der Waals surface area contributed by atoms with Crippen molar-refractivity contribution in [3.8, 4) is 0 Å². The van der Waals surface area contributed by atoms with Gasteiger partial charge in [0.1, 0.15) is 5.82 Å². The highest BCUT2D eigenvalue weighted by Gasteiger charge is 2.30. The van der Waals surface area contributed by atoms with Crippen molar-refractivity contribution in [1.82, 2.24) is 4.90 Å². The molecule has 29 heavy (non-hydrogen) atoms. The van der Waals surface area contributed by atoms with E-state index in [9.17, 15) is 23.6 Å². The van der Waals surface area contributed by atoms with Crippen LogP contribution in [0.5, 0.6) is 0 Å². The minimum atomic E-state index is -0.751. The summed E-state index contributed by atoms with van der Waals surface area (Å²) in [7, 11) is 1.52. The van der Waals surface area contributed by atoms with Crippen LogP contribution in [0.25, 0.3) is 0 Å². The molecule has 150 valence electrons. The summed E-state index contributed by atoms with van der Waals surface area (Å²) in [5, 5.41) is 0. The van der Waals surface area contributed by atoms with Gasteiger partial charge in [0, 0.05) is 26.4 Å². The minimum Gasteiger partial charge on any atom is -0.452 e. The maximum absolute atomic E-state index is 13.2. The molecule has 2 aromatic carbocycles. The number of hydrogen-bond acceptors (Lipinski definition) is 5. The SMILES string of the molecule is CN(Cc1cccc(F)c1)C(=O)COC(=O)c1cccc(N2C(=O)CCC2=O)c1. The summed E-state index contributed by atoms with van der Waals surface area (Å²) in [5.74, 6) is -2.25. The first kappa shape index (κ1) is 20.2. The number of halogens is 1. The van der Waals surface area contributed by atoms with E-state index in [0.29, 0.717) is 11.3 Å². The van der Waals surface area contributed by atoms with E-state index in [4.69, 9.17) is 4.74 Å². The molecule has 0 N–H and O–H groups in total. The van der Waals surface area contributed by atoms with Gasteiger partial charge in [0.05, 0.1) is 11.3 Å². The molecule has 7 nitrogen and oxygen atoms in total. The Balaban J connectivity index is 1.59. The predicted molar refractivity (Wildman–Crippen MR) is 101 cm³/mol. The molecule has 1 saturated heterocycles. The van der Waals surface area contributed by atoms with Crippen molar-refractivity contribution < 1.29 is 28.3 Å². The van der Waals surface area contributed by atoms with Gasteiger partial charge in [-0.1, -0.05) is 18.2 Å². The molecule has 1 heterocycles. The number of nitrogens with zero attached hydrogens (tertiary/aromatic N) is 2. The zero-order valence-corrected chi connectivity index (χ0v) is 15.8. The van der Waals surface area contributed by atoms with E-state index in [1.165, 1.54) is 42.3 Å². The Kier molecular flexibility index (Phi) is 6.01. The van der Waals surface area contributed by atoms with Crippen LogP contribution in [0.4, 0.5) is 10.1 Å². The standard InChI is InChI=1S/C21H19FN2O5/c1-23(12-14-4-2-6-16(22)10-14)20(27)13-29-21(28)15-5-3-7-17(11-15)24-18(25)8-9-19(24)26/h2-7,10-11H,8-9,12-13H2,1H3. The summed E-state index contributed by atoms with van der Waals surface area (Å²) < 4.78 is 18.3. The number of rotatable bonds is 6. The average molecular weight is 398 g/mol. The highest BCUT2D eigenvalue weighted by molar-refractivity contribution is 6.20. The third kappa shape index (κ3) is 4.84. The lowest BCUT2D eigenvalue weighted by atomic mass is 10.2. The second-order valence-corrected chi connectivity index (χ2v) is 6.63. The molecule has 1 aliphatic rings. The predicted octanol–water partition coefficient (Wildman–Crippen LogP) is 2.29. The quantitative estimate of drug-likeness (QED) is 0.551. The minimum absolute atomic E-state index is 0.121. The molecule has 3 amide bonds. The van der Waals surface area contributed by atoms with Crippen LogP contribution >= 0.6 is 0 Å².